The fourth-order valence-electron chi connectivity index (χ4n) is 3.33. The quantitative estimate of drug-likeness (QED) is 0.738. The van der Waals surface area contributed by atoms with Crippen LogP contribution in [0.25, 0.3) is 0 Å². The summed E-state index contributed by atoms with van der Waals surface area (Å²) in [4.78, 5) is 14.8. The van der Waals surface area contributed by atoms with E-state index < -0.39 is 0 Å². The number of amides is 1. The first-order valence-electron chi connectivity index (χ1n) is 9.14. The summed E-state index contributed by atoms with van der Waals surface area (Å²) in [5.41, 5.74) is 4.47. The highest BCUT2D eigenvalue weighted by Gasteiger charge is 2.32. The first-order valence-corrected chi connectivity index (χ1v) is 10.2. The summed E-state index contributed by atoms with van der Waals surface area (Å²) < 4.78 is 5.71. The molecule has 7 heteroatoms. The smallest absolute Gasteiger partial charge is 0.261 e. The van der Waals surface area contributed by atoms with E-state index in [1.807, 2.05) is 52.9 Å². The molecule has 2 atom stereocenters. The topological polar surface area (TPSA) is 68.6 Å². The number of hydrazine groups is 1. The first kappa shape index (κ1) is 19.0. The summed E-state index contributed by atoms with van der Waals surface area (Å²) in [6.07, 6.45) is 3.14. The van der Waals surface area contributed by atoms with Crippen molar-refractivity contribution in [1.29, 1.82) is 5.26 Å². The molecule has 3 rings (SSSR count). The maximum Gasteiger partial charge on any atom is 0.261 e. The lowest BCUT2D eigenvalue weighted by Gasteiger charge is -2.31. The summed E-state index contributed by atoms with van der Waals surface area (Å²) in [6, 6.07) is 9.89. The molecule has 6 nitrogen and oxygen atoms in total. The molecule has 2 aliphatic rings. The second kappa shape index (κ2) is 9.26. The Morgan fingerprint density at radius 2 is 2.23 bits per heavy atom. The number of carbonyl (C=O) groups excluding carboxylic acids is 1. The first-order chi connectivity index (χ1) is 12.7. The van der Waals surface area contributed by atoms with Gasteiger partial charge in [0.15, 0.2) is 6.61 Å². The monoisotopic (exact) mass is 374 g/mol. The van der Waals surface area contributed by atoms with Gasteiger partial charge in [0.05, 0.1) is 12.2 Å². The number of thioether (sulfide) groups is 1. The van der Waals surface area contributed by atoms with E-state index in [0.717, 1.165) is 31.5 Å². The van der Waals surface area contributed by atoms with Crippen molar-refractivity contribution < 1.29 is 9.53 Å². The van der Waals surface area contributed by atoms with Gasteiger partial charge in [-0.05, 0) is 44.1 Å². The average Bonchev–Trinajstić information content (AvgIpc) is 3.31. The van der Waals surface area contributed by atoms with Gasteiger partial charge in [-0.25, -0.2) is 10.4 Å². The van der Waals surface area contributed by atoms with Crippen molar-refractivity contribution in [3.05, 3.63) is 29.8 Å². The minimum absolute atomic E-state index is 0.00520. The number of hydrogen-bond donors (Lipinski definition) is 1. The van der Waals surface area contributed by atoms with Gasteiger partial charge in [0.2, 0.25) is 0 Å². The third-order valence-electron chi connectivity index (χ3n) is 4.77. The molecular formula is C19H26N4O2S. The van der Waals surface area contributed by atoms with Crippen LogP contribution >= 0.6 is 11.8 Å². The van der Waals surface area contributed by atoms with Crippen LogP contribution in [0.2, 0.25) is 0 Å². The Hall–Kier alpha value is -1.75. The molecular weight excluding hydrogens is 348 g/mol. The van der Waals surface area contributed by atoms with E-state index >= 15 is 0 Å². The minimum Gasteiger partial charge on any atom is -0.484 e. The van der Waals surface area contributed by atoms with E-state index in [4.69, 9.17) is 10.00 Å². The predicted octanol–water partition coefficient (Wildman–Crippen LogP) is 2.16. The molecule has 1 N–H and O–H groups in total. The van der Waals surface area contributed by atoms with Crippen molar-refractivity contribution in [3.63, 3.8) is 0 Å². The normalized spacial score (nSPS) is 22.9. The van der Waals surface area contributed by atoms with Crippen molar-refractivity contribution in [2.45, 2.75) is 37.6 Å². The number of nitrogens with zero attached hydrogens (tertiary/aromatic N) is 3. The molecule has 2 heterocycles. The van der Waals surface area contributed by atoms with Crippen molar-refractivity contribution in [2.75, 3.05) is 32.0 Å². The highest BCUT2D eigenvalue weighted by Crippen LogP contribution is 2.28. The Morgan fingerprint density at radius 3 is 2.92 bits per heavy atom. The fourth-order valence-corrected chi connectivity index (χ4v) is 4.59. The highest BCUT2D eigenvalue weighted by atomic mass is 32.2. The second-order valence-electron chi connectivity index (χ2n) is 6.80. The van der Waals surface area contributed by atoms with Crippen molar-refractivity contribution >= 4 is 17.7 Å². The lowest BCUT2D eigenvalue weighted by Crippen LogP contribution is -2.52. The van der Waals surface area contributed by atoms with Crippen molar-refractivity contribution in [2.24, 2.45) is 0 Å². The molecule has 0 aromatic heterocycles. The molecule has 2 saturated heterocycles. The van der Waals surface area contributed by atoms with E-state index in [9.17, 15) is 4.79 Å². The summed E-state index contributed by atoms with van der Waals surface area (Å²) in [5.74, 6) is 1.88. The molecule has 1 aromatic carbocycles. The maximum absolute atomic E-state index is 12.9. The molecule has 0 radical (unpaired) electrons. The largest absolute Gasteiger partial charge is 0.484 e. The van der Waals surface area contributed by atoms with Gasteiger partial charge in [-0.3, -0.25) is 4.79 Å². The Kier molecular flexibility index (Phi) is 6.78. The number of aryl methyl sites for hydroxylation is 1. The number of ether oxygens (including phenoxy) is 1. The summed E-state index contributed by atoms with van der Waals surface area (Å²) in [7, 11) is 0. The van der Waals surface area contributed by atoms with Crippen LogP contribution in [0.1, 0.15) is 24.8 Å². The van der Waals surface area contributed by atoms with E-state index in [0.29, 0.717) is 17.5 Å². The molecule has 140 valence electrons. The van der Waals surface area contributed by atoms with Gasteiger partial charge < -0.3 is 9.64 Å². The SMILES string of the molecule is Cc1ccc(OCC(=O)N(CC2CCCS2)C2CCN(CC#N)N2)cc1. The summed E-state index contributed by atoms with van der Waals surface area (Å²) >= 11 is 1.95. The van der Waals surface area contributed by atoms with Crippen LogP contribution in [0.15, 0.2) is 24.3 Å². The zero-order chi connectivity index (χ0) is 18.4. The zero-order valence-electron chi connectivity index (χ0n) is 15.2. The van der Waals surface area contributed by atoms with Gasteiger partial charge >= 0.3 is 0 Å². The minimum atomic E-state index is -0.0568. The van der Waals surface area contributed by atoms with Gasteiger partial charge in [-0.1, -0.05) is 17.7 Å². The van der Waals surface area contributed by atoms with Gasteiger partial charge in [0.1, 0.15) is 12.3 Å². The lowest BCUT2D eigenvalue weighted by molar-refractivity contribution is -0.136. The highest BCUT2D eigenvalue weighted by molar-refractivity contribution is 8.00. The standard InChI is InChI=1S/C19H26N4O2S/c1-15-4-6-16(7-5-15)25-14-19(24)23(13-17-3-2-12-26-17)18-8-10-22(21-18)11-9-20/h4-7,17-18,21H,2-3,8,10-14H2,1H3. The van der Waals surface area contributed by atoms with Crippen LogP contribution in [0, 0.1) is 18.3 Å². The molecule has 0 bridgehead atoms. The van der Waals surface area contributed by atoms with Crippen LogP contribution in [0.3, 0.4) is 0 Å². The number of nitrogens with one attached hydrogen (secondary N) is 1. The molecule has 1 amide bonds. The van der Waals surface area contributed by atoms with Crippen LogP contribution in [-0.2, 0) is 4.79 Å². The Bertz CT molecular complexity index is 640. The number of benzene rings is 1. The number of carbonyl (C=O) groups is 1. The molecule has 0 saturated carbocycles. The fraction of sp³-hybridized carbons (Fsp3) is 0.579. The van der Waals surface area contributed by atoms with Crippen LogP contribution in [-0.4, -0.2) is 59.2 Å². The maximum atomic E-state index is 12.9. The van der Waals surface area contributed by atoms with E-state index in [2.05, 4.69) is 11.5 Å². The molecule has 26 heavy (non-hydrogen) atoms. The average molecular weight is 375 g/mol. The van der Waals surface area contributed by atoms with E-state index in [1.54, 1.807) is 0 Å². The molecule has 2 aliphatic heterocycles. The van der Waals surface area contributed by atoms with Gasteiger partial charge in [0, 0.05) is 18.3 Å². The molecule has 0 aliphatic carbocycles. The Morgan fingerprint density at radius 1 is 1.42 bits per heavy atom. The summed E-state index contributed by atoms with van der Waals surface area (Å²) in [6.45, 7) is 3.90. The van der Waals surface area contributed by atoms with Crippen LogP contribution < -0.4 is 10.2 Å². The Labute approximate surface area is 159 Å². The van der Waals surface area contributed by atoms with Gasteiger partial charge in [-0.15, -0.1) is 0 Å². The number of rotatable bonds is 7. The van der Waals surface area contributed by atoms with E-state index in [-0.39, 0.29) is 18.7 Å². The third kappa shape index (κ3) is 5.13. The summed E-state index contributed by atoms with van der Waals surface area (Å²) in [5, 5.41) is 11.3. The van der Waals surface area contributed by atoms with Gasteiger partial charge in [0.25, 0.3) is 5.91 Å². The molecule has 2 unspecified atom stereocenters. The van der Waals surface area contributed by atoms with Crippen LogP contribution in [0.4, 0.5) is 0 Å². The van der Waals surface area contributed by atoms with Crippen LogP contribution in [0.5, 0.6) is 5.75 Å². The zero-order valence-corrected chi connectivity index (χ0v) is 16.0. The lowest BCUT2D eigenvalue weighted by atomic mass is 10.2. The van der Waals surface area contributed by atoms with Crippen molar-refractivity contribution in [3.8, 4) is 11.8 Å². The predicted molar refractivity (Wildman–Crippen MR) is 103 cm³/mol. The second-order valence-corrected chi connectivity index (χ2v) is 8.20. The third-order valence-corrected chi connectivity index (χ3v) is 6.15. The Balaban J connectivity index is 1.60. The molecule has 2 fully saturated rings. The van der Waals surface area contributed by atoms with E-state index in [1.165, 1.54) is 12.2 Å². The number of nitriles is 1. The van der Waals surface area contributed by atoms with Crippen molar-refractivity contribution in [1.82, 2.24) is 15.3 Å². The van der Waals surface area contributed by atoms with Gasteiger partial charge in [-0.2, -0.15) is 17.0 Å². The number of hydrogen-bond acceptors (Lipinski definition) is 6. The molecule has 1 aromatic rings. The molecule has 0 spiro atoms.